The highest BCUT2D eigenvalue weighted by atomic mass is 19.4. The van der Waals surface area contributed by atoms with Gasteiger partial charge in [-0.25, -0.2) is 9.59 Å². The number of carboxylic acids is 1. The number of methoxy groups -OCH3 is 2. The normalized spacial score (nSPS) is 19.6. The van der Waals surface area contributed by atoms with E-state index in [9.17, 15) is 41.0 Å². The van der Waals surface area contributed by atoms with Crippen LogP contribution in [0.1, 0.15) is 78.7 Å². The third kappa shape index (κ3) is 7.35. The lowest BCUT2D eigenvalue weighted by molar-refractivity contribution is -0.143. The predicted octanol–water partition coefficient (Wildman–Crippen LogP) is 9.65. The number of alkyl halides is 6. The van der Waals surface area contributed by atoms with Crippen molar-refractivity contribution in [1.82, 2.24) is 4.90 Å². The Bertz CT molecular complexity index is 1780. The van der Waals surface area contributed by atoms with Crippen molar-refractivity contribution in [3.63, 3.8) is 0 Å². The van der Waals surface area contributed by atoms with Crippen molar-refractivity contribution < 1.29 is 55.2 Å². The van der Waals surface area contributed by atoms with Gasteiger partial charge < -0.3 is 19.3 Å². The van der Waals surface area contributed by atoms with Gasteiger partial charge in [-0.2, -0.15) is 26.3 Å². The van der Waals surface area contributed by atoms with Gasteiger partial charge in [-0.05, 0) is 102 Å². The van der Waals surface area contributed by atoms with Crippen molar-refractivity contribution in [1.29, 1.82) is 0 Å². The zero-order valence-electron chi connectivity index (χ0n) is 27.4. The summed E-state index contributed by atoms with van der Waals surface area (Å²) in [5.74, 6) is -0.409. The van der Waals surface area contributed by atoms with Crippen LogP contribution in [0.2, 0.25) is 0 Å². The molecule has 262 valence electrons. The van der Waals surface area contributed by atoms with Crippen LogP contribution in [0.5, 0.6) is 11.5 Å². The molecule has 1 aliphatic carbocycles. The summed E-state index contributed by atoms with van der Waals surface area (Å²) in [6.07, 6.45) is -10.4. The molecule has 1 N–H and O–H groups in total. The van der Waals surface area contributed by atoms with E-state index in [0.29, 0.717) is 36.3 Å². The third-order valence-electron chi connectivity index (χ3n) is 9.15. The van der Waals surface area contributed by atoms with E-state index in [1.165, 1.54) is 32.1 Å². The molecule has 1 aliphatic heterocycles. The number of carboxylic acid groups (broad SMARTS) is 1. The first-order chi connectivity index (χ1) is 22.8. The minimum Gasteiger partial charge on any atom is -0.496 e. The lowest BCUT2D eigenvalue weighted by Crippen LogP contribution is -2.35. The molecule has 0 unspecified atom stereocenters. The number of cyclic esters (lactones) is 1. The van der Waals surface area contributed by atoms with Crippen LogP contribution < -0.4 is 9.47 Å². The number of ether oxygens (including phenoxy) is 3. The number of allylic oxidation sites excluding steroid dienone is 1. The number of carbonyl (C=O) groups excluding carboxylic acids is 1. The first-order valence-electron chi connectivity index (χ1n) is 15.4. The van der Waals surface area contributed by atoms with Crippen LogP contribution in [-0.2, 0) is 17.1 Å². The number of halogens is 6. The van der Waals surface area contributed by atoms with E-state index in [1.807, 2.05) is 12.1 Å². The highest BCUT2D eigenvalue weighted by Crippen LogP contribution is 2.47. The molecule has 7 nitrogen and oxygen atoms in total. The van der Waals surface area contributed by atoms with Crippen LogP contribution in [0.4, 0.5) is 31.1 Å². The predicted molar refractivity (Wildman–Crippen MR) is 168 cm³/mol. The summed E-state index contributed by atoms with van der Waals surface area (Å²) in [7, 11) is 2.90. The summed E-state index contributed by atoms with van der Waals surface area (Å²) in [6, 6.07) is 10.6. The number of nitrogens with zero attached hydrogens (tertiary/aromatic N) is 1. The van der Waals surface area contributed by atoms with Gasteiger partial charge in [0.1, 0.15) is 23.2 Å². The second kappa shape index (κ2) is 13.0. The van der Waals surface area contributed by atoms with Gasteiger partial charge in [0, 0.05) is 12.1 Å². The number of aromatic carboxylic acids is 1. The molecule has 0 aromatic heterocycles. The highest BCUT2D eigenvalue weighted by Gasteiger charge is 2.44. The van der Waals surface area contributed by atoms with Gasteiger partial charge in [0.05, 0.1) is 31.4 Å². The van der Waals surface area contributed by atoms with Crippen molar-refractivity contribution in [3.8, 4) is 22.6 Å². The Morgan fingerprint density at radius 3 is 2.08 bits per heavy atom. The van der Waals surface area contributed by atoms with E-state index in [-0.39, 0.29) is 29.3 Å². The molecule has 0 spiro atoms. The third-order valence-corrected chi connectivity index (χ3v) is 9.15. The van der Waals surface area contributed by atoms with E-state index >= 15 is 0 Å². The molecular formula is C36H35F6NO6. The molecular weight excluding hydrogens is 656 g/mol. The maximum absolute atomic E-state index is 13.6. The average Bonchev–Trinajstić information content (AvgIpc) is 3.31. The van der Waals surface area contributed by atoms with Crippen molar-refractivity contribution in [3.05, 3.63) is 88.0 Å². The molecule has 0 saturated carbocycles. The van der Waals surface area contributed by atoms with Crippen molar-refractivity contribution >= 4 is 17.6 Å². The molecule has 49 heavy (non-hydrogen) atoms. The Kier molecular flexibility index (Phi) is 9.43. The Morgan fingerprint density at radius 2 is 1.51 bits per heavy atom. The highest BCUT2D eigenvalue weighted by molar-refractivity contribution is 5.92. The van der Waals surface area contributed by atoms with Gasteiger partial charge in [0.2, 0.25) is 0 Å². The van der Waals surface area contributed by atoms with Crippen molar-refractivity contribution in [2.75, 3.05) is 20.8 Å². The molecule has 1 saturated heterocycles. The fourth-order valence-electron chi connectivity index (χ4n) is 6.57. The zero-order valence-corrected chi connectivity index (χ0v) is 27.4. The maximum Gasteiger partial charge on any atom is 0.416 e. The van der Waals surface area contributed by atoms with E-state index < -0.39 is 53.3 Å². The van der Waals surface area contributed by atoms with Crippen LogP contribution in [0.3, 0.4) is 0 Å². The van der Waals surface area contributed by atoms with Crippen LogP contribution >= 0.6 is 0 Å². The summed E-state index contributed by atoms with van der Waals surface area (Å²) >= 11 is 0. The number of hydrogen-bond donors (Lipinski definition) is 1. The molecule has 3 aromatic rings. The molecule has 1 fully saturated rings. The summed E-state index contributed by atoms with van der Waals surface area (Å²) in [5, 5.41) is 9.51. The Balaban J connectivity index is 1.55. The molecule has 0 radical (unpaired) electrons. The first-order valence-corrected chi connectivity index (χ1v) is 15.4. The Hall–Kier alpha value is -4.68. The van der Waals surface area contributed by atoms with E-state index in [2.05, 4.69) is 13.8 Å². The molecule has 0 bridgehead atoms. The van der Waals surface area contributed by atoms with Gasteiger partial charge in [-0.1, -0.05) is 26.0 Å². The van der Waals surface area contributed by atoms with Gasteiger partial charge in [0.15, 0.2) is 0 Å². The molecule has 2 atom stereocenters. The van der Waals surface area contributed by atoms with Crippen molar-refractivity contribution in [2.24, 2.45) is 5.41 Å². The molecule has 2 aliphatic rings. The number of benzene rings is 3. The fourth-order valence-corrected chi connectivity index (χ4v) is 6.57. The maximum atomic E-state index is 13.6. The largest absolute Gasteiger partial charge is 0.496 e. The summed E-state index contributed by atoms with van der Waals surface area (Å²) < 4.78 is 98.2. The minimum atomic E-state index is -5.05. The summed E-state index contributed by atoms with van der Waals surface area (Å²) in [5.41, 5.74) is 0.329. The molecule has 5 rings (SSSR count). The van der Waals surface area contributed by atoms with Gasteiger partial charge >= 0.3 is 24.4 Å². The van der Waals surface area contributed by atoms with Crippen LogP contribution in [0, 0.1) is 5.41 Å². The SMILES string of the molecule is COc1cc(-c2ccc(OC)c(C3=C(CN4C(=O)O[C@H](c5cc(C(F)(F)F)cc(C(F)(F)F)c5)[C@@H]4C)CC(C)(C)CC3)c2)ccc1C(=O)O. The molecule has 13 heteroatoms. The summed E-state index contributed by atoms with van der Waals surface area (Å²) in [4.78, 5) is 26.2. The molecule has 3 aromatic carbocycles. The van der Waals surface area contributed by atoms with Crippen molar-refractivity contribution in [2.45, 2.75) is 64.5 Å². The average molecular weight is 692 g/mol. The van der Waals surface area contributed by atoms with E-state index in [1.54, 1.807) is 18.2 Å². The van der Waals surface area contributed by atoms with Crippen LogP contribution in [-0.4, -0.2) is 48.9 Å². The number of hydrogen-bond acceptors (Lipinski definition) is 5. The smallest absolute Gasteiger partial charge is 0.416 e. The summed E-state index contributed by atoms with van der Waals surface area (Å²) in [6.45, 7) is 5.70. The number of carbonyl (C=O) groups is 2. The van der Waals surface area contributed by atoms with Crippen LogP contribution in [0.25, 0.3) is 16.7 Å². The van der Waals surface area contributed by atoms with E-state index in [4.69, 9.17) is 14.2 Å². The number of amides is 1. The zero-order chi connectivity index (χ0) is 36.1. The monoisotopic (exact) mass is 691 g/mol. The van der Waals surface area contributed by atoms with Crippen LogP contribution in [0.15, 0.2) is 60.2 Å². The quantitative estimate of drug-likeness (QED) is 0.237. The van der Waals surface area contributed by atoms with E-state index in [0.717, 1.165) is 28.7 Å². The minimum absolute atomic E-state index is 0.00387. The second-order valence-electron chi connectivity index (χ2n) is 13.1. The Labute approximate surface area is 279 Å². The Morgan fingerprint density at radius 1 is 0.918 bits per heavy atom. The van der Waals surface area contributed by atoms with Gasteiger partial charge in [0.25, 0.3) is 0 Å². The molecule has 1 heterocycles. The number of rotatable bonds is 8. The fraction of sp³-hybridized carbons (Fsp3) is 0.389. The van der Waals surface area contributed by atoms with Gasteiger partial charge in [-0.15, -0.1) is 0 Å². The first kappa shape index (κ1) is 35.6. The lowest BCUT2D eigenvalue weighted by atomic mass is 9.72. The standard InChI is InChI=1S/C36H35F6NO6/c1-19-31(22-12-24(35(37,38)39)16-25(13-22)36(40,41)42)49-33(46)43(19)18-23-17-34(2,3)11-10-26(23)28-14-20(7-9-29(28)47-4)21-6-8-27(32(44)45)30(15-21)48-5/h6-9,12-16,19,31H,10-11,17-18H2,1-5H3,(H,44,45)/t19-,31-/m0/s1. The molecule has 1 amide bonds. The van der Waals surface area contributed by atoms with Gasteiger partial charge in [-0.3, -0.25) is 4.90 Å². The second-order valence-corrected chi connectivity index (χ2v) is 13.1. The lowest BCUT2D eigenvalue weighted by Gasteiger charge is -2.36. The topological polar surface area (TPSA) is 85.3 Å².